The molecule has 1 saturated carbocycles. The highest BCUT2D eigenvalue weighted by molar-refractivity contribution is 7.99. The van der Waals surface area contributed by atoms with E-state index in [0.29, 0.717) is 6.04 Å². The minimum atomic E-state index is -0.421. The molecule has 128 valence electrons. The summed E-state index contributed by atoms with van der Waals surface area (Å²) in [5, 5.41) is 6.78. The average Bonchev–Trinajstić information content (AvgIpc) is 2.44. The zero-order valence-corrected chi connectivity index (χ0v) is 15.1. The summed E-state index contributed by atoms with van der Waals surface area (Å²) in [6, 6.07) is 0.797. The smallest absolute Gasteiger partial charge is 0.407 e. The maximum absolute atomic E-state index is 11.9. The fraction of sp³-hybridized carbons (Fsp3) is 0.941. The Bertz CT molecular complexity index is 351. The third-order valence-electron chi connectivity index (χ3n) is 4.43. The fourth-order valence-electron chi connectivity index (χ4n) is 3.26. The van der Waals surface area contributed by atoms with Crippen LogP contribution in [0.4, 0.5) is 4.79 Å². The molecule has 22 heavy (non-hydrogen) atoms. The molecule has 1 saturated heterocycles. The van der Waals surface area contributed by atoms with E-state index in [4.69, 9.17) is 4.74 Å². The molecule has 1 aliphatic carbocycles. The first-order valence-corrected chi connectivity index (χ1v) is 9.88. The van der Waals surface area contributed by atoms with Crippen LogP contribution in [0.5, 0.6) is 0 Å². The second-order valence-corrected chi connectivity index (χ2v) is 8.90. The van der Waals surface area contributed by atoms with Crippen LogP contribution in [0, 0.1) is 5.92 Å². The molecular weight excluding hydrogens is 296 g/mol. The molecule has 2 unspecified atom stereocenters. The quantitative estimate of drug-likeness (QED) is 0.828. The Morgan fingerprint density at radius 1 is 1.14 bits per heavy atom. The molecular formula is C17H32N2O2S. The van der Waals surface area contributed by atoms with Crippen molar-refractivity contribution in [1.29, 1.82) is 0 Å². The Kier molecular flexibility index (Phi) is 6.87. The van der Waals surface area contributed by atoms with Gasteiger partial charge in [0.2, 0.25) is 0 Å². The van der Waals surface area contributed by atoms with E-state index in [2.05, 4.69) is 22.4 Å². The normalized spacial score (nSPS) is 27.4. The summed E-state index contributed by atoms with van der Waals surface area (Å²) < 4.78 is 5.36. The van der Waals surface area contributed by atoms with E-state index in [1.807, 2.05) is 20.8 Å². The Labute approximate surface area is 139 Å². The van der Waals surface area contributed by atoms with Gasteiger partial charge in [0.25, 0.3) is 0 Å². The molecule has 4 nitrogen and oxygen atoms in total. The second kappa shape index (κ2) is 8.44. The van der Waals surface area contributed by atoms with Crippen LogP contribution in [0.1, 0.15) is 59.3 Å². The molecule has 2 rings (SSSR count). The SMILES string of the molecule is CC(C)(C)OC(=O)NC1CCCC(NCC2CCSCC2)C1. The Morgan fingerprint density at radius 3 is 2.50 bits per heavy atom. The lowest BCUT2D eigenvalue weighted by atomic mass is 9.90. The van der Waals surface area contributed by atoms with Gasteiger partial charge in [0.05, 0.1) is 0 Å². The maximum Gasteiger partial charge on any atom is 0.407 e. The summed E-state index contributed by atoms with van der Waals surface area (Å²) in [6.45, 7) is 6.85. The molecule has 0 aromatic carbocycles. The molecule has 2 fully saturated rings. The van der Waals surface area contributed by atoms with Crippen molar-refractivity contribution in [1.82, 2.24) is 10.6 Å². The summed E-state index contributed by atoms with van der Waals surface area (Å²) in [7, 11) is 0. The molecule has 2 aliphatic rings. The van der Waals surface area contributed by atoms with Gasteiger partial charge in [0.15, 0.2) is 0 Å². The van der Waals surface area contributed by atoms with Crippen LogP contribution < -0.4 is 10.6 Å². The minimum Gasteiger partial charge on any atom is -0.444 e. The van der Waals surface area contributed by atoms with Gasteiger partial charge in [-0.25, -0.2) is 4.79 Å². The van der Waals surface area contributed by atoms with Crippen LogP contribution >= 0.6 is 11.8 Å². The van der Waals surface area contributed by atoms with E-state index < -0.39 is 5.60 Å². The summed E-state index contributed by atoms with van der Waals surface area (Å²) in [5.41, 5.74) is -0.421. The maximum atomic E-state index is 11.9. The van der Waals surface area contributed by atoms with E-state index in [1.54, 1.807) is 0 Å². The second-order valence-electron chi connectivity index (χ2n) is 7.67. The Morgan fingerprint density at radius 2 is 1.82 bits per heavy atom. The highest BCUT2D eigenvalue weighted by Gasteiger charge is 2.26. The van der Waals surface area contributed by atoms with Crippen molar-refractivity contribution in [3.8, 4) is 0 Å². The van der Waals surface area contributed by atoms with Crippen molar-refractivity contribution in [2.24, 2.45) is 5.92 Å². The third-order valence-corrected chi connectivity index (χ3v) is 5.48. The standard InChI is InChI=1S/C17H32N2O2S/c1-17(2,3)21-16(20)19-15-6-4-5-14(11-15)18-12-13-7-9-22-10-8-13/h13-15,18H,4-12H2,1-3H3,(H,19,20). The van der Waals surface area contributed by atoms with Crippen molar-refractivity contribution >= 4 is 17.9 Å². The third kappa shape index (κ3) is 6.78. The first kappa shape index (κ1) is 17.9. The van der Waals surface area contributed by atoms with Gasteiger partial charge >= 0.3 is 6.09 Å². The number of thioether (sulfide) groups is 1. The lowest BCUT2D eigenvalue weighted by Crippen LogP contribution is -2.46. The molecule has 2 atom stereocenters. The minimum absolute atomic E-state index is 0.253. The van der Waals surface area contributed by atoms with E-state index >= 15 is 0 Å². The first-order chi connectivity index (χ1) is 10.4. The van der Waals surface area contributed by atoms with Crippen LogP contribution in [-0.4, -0.2) is 41.8 Å². The summed E-state index contributed by atoms with van der Waals surface area (Å²) in [6.07, 6.45) is 6.93. The lowest BCUT2D eigenvalue weighted by Gasteiger charge is -2.32. The van der Waals surface area contributed by atoms with Crippen molar-refractivity contribution < 1.29 is 9.53 Å². The van der Waals surface area contributed by atoms with E-state index in [1.165, 1.54) is 37.2 Å². The average molecular weight is 329 g/mol. The summed E-state index contributed by atoms with van der Waals surface area (Å²) in [4.78, 5) is 11.9. The van der Waals surface area contributed by atoms with Crippen LogP contribution in [0.3, 0.4) is 0 Å². The monoisotopic (exact) mass is 328 g/mol. The van der Waals surface area contributed by atoms with Gasteiger partial charge in [-0.3, -0.25) is 0 Å². The zero-order chi connectivity index (χ0) is 16.0. The van der Waals surface area contributed by atoms with Gasteiger partial charge in [-0.2, -0.15) is 11.8 Å². The summed E-state index contributed by atoms with van der Waals surface area (Å²) in [5.74, 6) is 3.49. The van der Waals surface area contributed by atoms with Gasteiger partial charge in [-0.05, 0) is 83.3 Å². The number of carbonyl (C=O) groups is 1. The predicted octanol–water partition coefficient (Wildman–Crippen LogP) is 3.56. The number of ether oxygens (including phenoxy) is 1. The van der Waals surface area contributed by atoms with Crippen molar-refractivity contribution in [3.05, 3.63) is 0 Å². The molecule has 1 aliphatic heterocycles. The largest absolute Gasteiger partial charge is 0.444 e. The topological polar surface area (TPSA) is 50.4 Å². The number of hydrogen-bond donors (Lipinski definition) is 2. The first-order valence-electron chi connectivity index (χ1n) is 8.73. The Hall–Kier alpha value is -0.420. The molecule has 0 aromatic rings. The highest BCUT2D eigenvalue weighted by atomic mass is 32.2. The van der Waals surface area contributed by atoms with Gasteiger partial charge in [-0.1, -0.05) is 0 Å². The number of amides is 1. The molecule has 0 aromatic heterocycles. The molecule has 1 heterocycles. The van der Waals surface area contributed by atoms with Crippen LogP contribution in [0.25, 0.3) is 0 Å². The van der Waals surface area contributed by atoms with E-state index in [0.717, 1.165) is 25.3 Å². The van der Waals surface area contributed by atoms with Gasteiger partial charge < -0.3 is 15.4 Å². The van der Waals surface area contributed by atoms with Crippen LogP contribution in [0.15, 0.2) is 0 Å². The van der Waals surface area contributed by atoms with Crippen molar-refractivity contribution in [3.63, 3.8) is 0 Å². The van der Waals surface area contributed by atoms with Gasteiger partial charge in [-0.15, -0.1) is 0 Å². The van der Waals surface area contributed by atoms with Crippen LogP contribution in [-0.2, 0) is 4.74 Å². The number of hydrogen-bond acceptors (Lipinski definition) is 4. The number of carbonyl (C=O) groups excluding carboxylic acids is 1. The predicted molar refractivity (Wildman–Crippen MR) is 93.5 cm³/mol. The lowest BCUT2D eigenvalue weighted by molar-refractivity contribution is 0.0488. The molecule has 0 bridgehead atoms. The van der Waals surface area contributed by atoms with E-state index in [-0.39, 0.29) is 12.1 Å². The number of alkyl carbamates (subject to hydrolysis) is 1. The highest BCUT2D eigenvalue weighted by Crippen LogP contribution is 2.24. The van der Waals surface area contributed by atoms with Gasteiger partial charge in [0, 0.05) is 12.1 Å². The molecule has 5 heteroatoms. The van der Waals surface area contributed by atoms with Crippen LogP contribution in [0.2, 0.25) is 0 Å². The van der Waals surface area contributed by atoms with E-state index in [9.17, 15) is 4.79 Å². The fourth-order valence-corrected chi connectivity index (χ4v) is 4.47. The zero-order valence-electron chi connectivity index (χ0n) is 14.3. The number of nitrogens with one attached hydrogen (secondary N) is 2. The molecule has 0 radical (unpaired) electrons. The Balaban J connectivity index is 1.68. The molecule has 0 spiro atoms. The van der Waals surface area contributed by atoms with Gasteiger partial charge in [0.1, 0.15) is 5.60 Å². The summed E-state index contributed by atoms with van der Waals surface area (Å²) >= 11 is 2.08. The van der Waals surface area contributed by atoms with Crippen molar-refractivity contribution in [2.75, 3.05) is 18.1 Å². The van der Waals surface area contributed by atoms with Crippen molar-refractivity contribution in [2.45, 2.75) is 77.0 Å². The molecule has 1 amide bonds. The number of rotatable bonds is 4. The molecule has 2 N–H and O–H groups in total.